The number of carbonyl (C=O) groups is 1. The van der Waals surface area contributed by atoms with Crippen LogP contribution in [-0.2, 0) is 11.3 Å². The number of morpholine rings is 1. The lowest BCUT2D eigenvalue weighted by Gasteiger charge is -2.31. The van der Waals surface area contributed by atoms with Gasteiger partial charge in [0.15, 0.2) is 0 Å². The molecule has 5 aromatic rings. The molecule has 1 N–H and O–H groups in total. The maximum atomic E-state index is 14.1. The van der Waals surface area contributed by atoms with Crippen molar-refractivity contribution in [2.24, 2.45) is 0 Å². The van der Waals surface area contributed by atoms with Gasteiger partial charge in [0.2, 0.25) is 5.95 Å². The summed E-state index contributed by atoms with van der Waals surface area (Å²) in [5.74, 6) is 0.748. The molecule has 0 saturated carbocycles. The Morgan fingerprint density at radius 2 is 1.40 bits per heavy atom. The number of anilines is 1. The van der Waals surface area contributed by atoms with E-state index in [0.29, 0.717) is 25.6 Å². The van der Waals surface area contributed by atoms with Gasteiger partial charge in [0.1, 0.15) is 0 Å². The number of hydrogen-bond acceptors (Lipinski definition) is 4. The highest BCUT2D eigenvalue weighted by molar-refractivity contribution is 5.90. The van der Waals surface area contributed by atoms with Crippen molar-refractivity contribution in [3.05, 3.63) is 132 Å². The number of rotatable bonds is 11. The number of ether oxygens (including phenoxy) is 1. The van der Waals surface area contributed by atoms with Gasteiger partial charge in [-0.3, -0.25) is 10.2 Å². The molecule has 2 heterocycles. The monoisotopic (exact) mass is 573 g/mol. The van der Waals surface area contributed by atoms with E-state index in [9.17, 15) is 4.79 Å². The van der Waals surface area contributed by atoms with Crippen LogP contribution in [0.5, 0.6) is 0 Å². The molecule has 0 aliphatic carbocycles. The number of aromatic nitrogens is 2. The van der Waals surface area contributed by atoms with Crippen molar-refractivity contribution in [2.45, 2.75) is 18.9 Å². The first-order valence-electron chi connectivity index (χ1n) is 15.2. The van der Waals surface area contributed by atoms with Crippen molar-refractivity contribution in [1.29, 1.82) is 0 Å². The average molecular weight is 574 g/mol. The van der Waals surface area contributed by atoms with Gasteiger partial charge in [0, 0.05) is 38.6 Å². The van der Waals surface area contributed by atoms with Gasteiger partial charge in [0.05, 0.1) is 30.8 Å². The molecule has 1 fully saturated rings. The molecule has 6 rings (SSSR count). The molecule has 4 aromatic carbocycles. The van der Waals surface area contributed by atoms with Crippen LogP contribution in [-0.4, -0.2) is 71.3 Å². The smallest absolute Gasteiger partial charge is 0.324 e. The zero-order valence-electron chi connectivity index (χ0n) is 24.5. The number of para-hydroxylation sites is 2. The van der Waals surface area contributed by atoms with Crippen LogP contribution in [0.4, 0.5) is 10.7 Å². The largest absolute Gasteiger partial charge is 0.379 e. The molecule has 1 aliphatic heterocycles. The fourth-order valence-electron chi connectivity index (χ4n) is 5.85. The van der Waals surface area contributed by atoms with Crippen LogP contribution >= 0.6 is 0 Å². The Kier molecular flexibility index (Phi) is 9.42. The molecule has 0 radical (unpaired) electrons. The molecule has 2 amide bonds. The Morgan fingerprint density at radius 1 is 0.791 bits per heavy atom. The summed E-state index contributed by atoms with van der Waals surface area (Å²) in [5, 5.41) is 3.21. The Bertz CT molecular complexity index is 1540. The third-order valence-corrected chi connectivity index (χ3v) is 8.23. The summed E-state index contributed by atoms with van der Waals surface area (Å²) in [4.78, 5) is 23.3. The van der Waals surface area contributed by atoms with Crippen LogP contribution in [0, 0.1) is 0 Å². The number of hydrogen-bond donors (Lipinski definition) is 1. The lowest BCUT2D eigenvalue weighted by atomic mass is 9.88. The van der Waals surface area contributed by atoms with E-state index in [-0.39, 0.29) is 11.9 Å². The maximum Gasteiger partial charge on any atom is 0.324 e. The molecule has 7 heteroatoms. The Morgan fingerprint density at radius 3 is 2.07 bits per heavy atom. The third kappa shape index (κ3) is 7.31. The molecule has 1 saturated heterocycles. The van der Waals surface area contributed by atoms with E-state index in [4.69, 9.17) is 9.72 Å². The van der Waals surface area contributed by atoms with Gasteiger partial charge in [-0.15, -0.1) is 0 Å². The second-order valence-corrected chi connectivity index (χ2v) is 11.0. The third-order valence-electron chi connectivity index (χ3n) is 8.23. The summed E-state index contributed by atoms with van der Waals surface area (Å²) in [6.45, 7) is 5.91. The fourth-order valence-corrected chi connectivity index (χ4v) is 5.85. The summed E-state index contributed by atoms with van der Waals surface area (Å²) >= 11 is 0. The first-order chi connectivity index (χ1) is 21.2. The van der Waals surface area contributed by atoms with Gasteiger partial charge >= 0.3 is 6.03 Å². The molecule has 0 spiro atoms. The van der Waals surface area contributed by atoms with Gasteiger partial charge in [-0.2, -0.15) is 0 Å². The number of carbonyl (C=O) groups excluding carboxylic acids is 1. The van der Waals surface area contributed by atoms with E-state index in [2.05, 4.69) is 93.6 Å². The van der Waals surface area contributed by atoms with Crippen molar-refractivity contribution in [3.63, 3.8) is 0 Å². The molecule has 7 nitrogen and oxygen atoms in total. The van der Waals surface area contributed by atoms with E-state index in [1.54, 1.807) is 0 Å². The molecule has 0 unspecified atom stereocenters. The Hall–Kier alpha value is -4.46. The molecule has 1 aromatic heterocycles. The van der Waals surface area contributed by atoms with Crippen LogP contribution in [0.25, 0.3) is 11.0 Å². The number of imidazole rings is 1. The molecule has 0 atom stereocenters. The minimum Gasteiger partial charge on any atom is -0.379 e. The topological polar surface area (TPSA) is 62.6 Å². The SMILES string of the molecule is O=C(Nc1nc2ccccc2n1Cc1ccccc1)N(CCC(c1ccccc1)c1ccccc1)CCN1CCOCC1. The second kappa shape index (κ2) is 14.1. The van der Waals surface area contributed by atoms with E-state index in [1.807, 2.05) is 41.3 Å². The van der Waals surface area contributed by atoms with Crippen molar-refractivity contribution in [2.75, 3.05) is 51.3 Å². The zero-order chi connectivity index (χ0) is 29.3. The number of fused-ring (bicyclic) bond motifs is 1. The van der Waals surface area contributed by atoms with E-state index >= 15 is 0 Å². The summed E-state index contributed by atoms with van der Waals surface area (Å²) in [6.07, 6.45) is 0.811. The van der Waals surface area contributed by atoms with E-state index in [1.165, 1.54) is 11.1 Å². The Labute approximate surface area is 253 Å². The van der Waals surface area contributed by atoms with Crippen molar-refractivity contribution in [1.82, 2.24) is 19.4 Å². The van der Waals surface area contributed by atoms with Crippen LogP contribution in [0.3, 0.4) is 0 Å². The first-order valence-corrected chi connectivity index (χ1v) is 15.2. The average Bonchev–Trinajstić information content (AvgIpc) is 3.40. The number of nitrogens with one attached hydrogen (secondary N) is 1. The quantitative estimate of drug-likeness (QED) is 0.197. The van der Waals surface area contributed by atoms with Crippen molar-refractivity contribution in [3.8, 4) is 0 Å². The van der Waals surface area contributed by atoms with Gasteiger partial charge in [-0.1, -0.05) is 103 Å². The minimum atomic E-state index is -0.127. The van der Waals surface area contributed by atoms with Gasteiger partial charge in [-0.25, -0.2) is 9.78 Å². The predicted octanol–water partition coefficient (Wildman–Crippen LogP) is 6.47. The van der Waals surface area contributed by atoms with Crippen LogP contribution in [0.1, 0.15) is 29.0 Å². The molecule has 220 valence electrons. The highest BCUT2D eigenvalue weighted by Crippen LogP contribution is 2.28. The number of benzene rings is 4. The predicted molar refractivity (Wildman–Crippen MR) is 172 cm³/mol. The number of urea groups is 1. The lowest BCUT2D eigenvalue weighted by Crippen LogP contribution is -2.45. The molecule has 0 bridgehead atoms. The van der Waals surface area contributed by atoms with Gasteiger partial charge < -0.3 is 14.2 Å². The highest BCUT2D eigenvalue weighted by Gasteiger charge is 2.22. The molecule has 43 heavy (non-hydrogen) atoms. The second-order valence-electron chi connectivity index (χ2n) is 11.0. The van der Waals surface area contributed by atoms with E-state index < -0.39 is 0 Å². The van der Waals surface area contributed by atoms with Crippen molar-refractivity contribution >= 4 is 23.0 Å². The lowest BCUT2D eigenvalue weighted by molar-refractivity contribution is 0.0351. The van der Waals surface area contributed by atoms with Crippen molar-refractivity contribution < 1.29 is 9.53 Å². The minimum absolute atomic E-state index is 0.127. The Balaban J connectivity index is 1.25. The van der Waals surface area contributed by atoms with Crippen LogP contribution in [0.2, 0.25) is 0 Å². The zero-order valence-corrected chi connectivity index (χ0v) is 24.5. The standard InChI is InChI=1S/C36H39N5O2/c42-36(38-35-37-33-18-10-11-19-34(33)41(35)28-29-12-4-1-5-13-29)40(23-22-39-24-26-43-27-25-39)21-20-32(30-14-6-2-7-15-30)31-16-8-3-9-17-31/h1-19,32H,20-28H2,(H,37,38,42). The molecular weight excluding hydrogens is 534 g/mol. The number of nitrogens with zero attached hydrogens (tertiary/aromatic N) is 4. The maximum absolute atomic E-state index is 14.1. The number of amides is 2. The fraction of sp³-hybridized carbons (Fsp3) is 0.278. The first kappa shape index (κ1) is 28.6. The molecule has 1 aliphatic rings. The summed E-state index contributed by atoms with van der Waals surface area (Å²) in [5.41, 5.74) is 5.52. The summed E-state index contributed by atoms with van der Waals surface area (Å²) in [6, 6.07) is 39.4. The van der Waals surface area contributed by atoms with Gasteiger partial charge in [0.25, 0.3) is 0 Å². The highest BCUT2D eigenvalue weighted by atomic mass is 16.5. The normalized spacial score (nSPS) is 13.8. The van der Waals surface area contributed by atoms with E-state index in [0.717, 1.165) is 55.9 Å². The molecular formula is C36H39N5O2. The van der Waals surface area contributed by atoms with Crippen LogP contribution in [0.15, 0.2) is 115 Å². The van der Waals surface area contributed by atoms with Crippen LogP contribution < -0.4 is 5.32 Å². The summed E-state index contributed by atoms with van der Waals surface area (Å²) < 4.78 is 7.65. The van der Waals surface area contributed by atoms with Gasteiger partial charge in [-0.05, 0) is 35.2 Å². The summed E-state index contributed by atoms with van der Waals surface area (Å²) in [7, 11) is 0.